The SMILES string of the molecule is Cc1cc(C(=O)O)cc(N(C)Cc2cnn(C)c2)n1. The molecule has 6 heteroatoms. The lowest BCUT2D eigenvalue weighted by Crippen LogP contribution is -2.18. The number of hydrogen-bond acceptors (Lipinski definition) is 4. The average molecular weight is 260 g/mol. The van der Waals surface area contributed by atoms with E-state index in [2.05, 4.69) is 10.1 Å². The van der Waals surface area contributed by atoms with E-state index < -0.39 is 5.97 Å². The molecule has 0 amide bonds. The second kappa shape index (κ2) is 5.09. The average Bonchev–Trinajstić information content (AvgIpc) is 2.73. The van der Waals surface area contributed by atoms with Gasteiger partial charge in [-0.25, -0.2) is 9.78 Å². The first-order chi connectivity index (χ1) is 8.95. The van der Waals surface area contributed by atoms with Crippen molar-refractivity contribution in [3.63, 3.8) is 0 Å². The van der Waals surface area contributed by atoms with Crippen molar-refractivity contribution >= 4 is 11.8 Å². The van der Waals surface area contributed by atoms with Crippen LogP contribution in [0.3, 0.4) is 0 Å². The van der Waals surface area contributed by atoms with Crippen LogP contribution in [-0.4, -0.2) is 32.9 Å². The zero-order valence-electron chi connectivity index (χ0n) is 11.2. The highest BCUT2D eigenvalue weighted by atomic mass is 16.4. The van der Waals surface area contributed by atoms with Crippen LogP contribution in [0.4, 0.5) is 5.82 Å². The van der Waals surface area contributed by atoms with Gasteiger partial charge in [-0.3, -0.25) is 4.68 Å². The minimum absolute atomic E-state index is 0.250. The maximum absolute atomic E-state index is 11.0. The van der Waals surface area contributed by atoms with E-state index in [0.717, 1.165) is 5.56 Å². The molecule has 0 aliphatic rings. The van der Waals surface area contributed by atoms with E-state index in [9.17, 15) is 4.79 Å². The van der Waals surface area contributed by atoms with Gasteiger partial charge in [-0.2, -0.15) is 5.10 Å². The standard InChI is InChI=1S/C13H16N4O2/c1-9-4-11(13(18)19)5-12(15-9)16(2)7-10-6-14-17(3)8-10/h4-6,8H,7H2,1-3H3,(H,18,19). The van der Waals surface area contributed by atoms with Crippen molar-refractivity contribution in [2.75, 3.05) is 11.9 Å². The Bertz CT molecular complexity index is 606. The third-order valence-corrected chi connectivity index (χ3v) is 2.76. The van der Waals surface area contributed by atoms with Crippen molar-refractivity contribution in [3.8, 4) is 0 Å². The molecule has 6 nitrogen and oxygen atoms in total. The van der Waals surface area contributed by atoms with Gasteiger partial charge in [0.05, 0.1) is 11.8 Å². The molecule has 0 saturated heterocycles. The van der Waals surface area contributed by atoms with Gasteiger partial charge in [0.2, 0.25) is 0 Å². The zero-order valence-corrected chi connectivity index (χ0v) is 11.2. The first-order valence-corrected chi connectivity index (χ1v) is 5.86. The van der Waals surface area contributed by atoms with Gasteiger partial charge in [0.15, 0.2) is 0 Å². The normalized spacial score (nSPS) is 10.5. The Morgan fingerprint density at radius 3 is 2.79 bits per heavy atom. The molecule has 0 aliphatic heterocycles. The first-order valence-electron chi connectivity index (χ1n) is 5.86. The van der Waals surface area contributed by atoms with Crippen LogP contribution in [0.15, 0.2) is 24.5 Å². The van der Waals surface area contributed by atoms with Crippen molar-refractivity contribution in [2.45, 2.75) is 13.5 Å². The molecular weight excluding hydrogens is 244 g/mol. The number of hydrogen-bond donors (Lipinski definition) is 1. The number of carbonyl (C=O) groups is 1. The molecule has 0 bridgehead atoms. The van der Waals surface area contributed by atoms with Crippen LogP contribution >= 0.6 is 0 Å². The molecule has 100 valence electrons. The van der Waals surface area contributed by atoms with Crippen LogP contribution in [0.1, 0.15) is 21.6 Å². The van der Waals surface area contributed by atoms with Gasteiger partial charge >= 0.3 is 5.97 Å². The number of anilines is 1. The predicted molar refractivity (Wildman–Crippen MR) is 71.2 cm³/mol. The lowest BCUT2D eigenvalue weighted by atomic mass is 10.2. The Morgan fingerprint density at radius 1 is 1.47 bits per heavy atom. The topological polar surface area (TPSA) is 71.2 Å². The first kappa shape index (κ1) is 13.1. The molecule has 0 radical (unpaired) electrons. The van der Waals surface area contributed by atoms with E-state index >= 15 is 0 Å². The van der Waals surface area contributed by atoms with E-state index in [1.54, 1.807) is 29.9 Å². The molecule has 19 heavy (non-hydrogen) atoms. The molecule has 0 aliphatic carbocycles. The molecule has 0 spiro atoms. The Hall–Kier alpha value is -2.37. The predicted octanol–water partition coefficient (Wildman–Crippen LogP) is 1.46. The lowest BCUT2D eigenvalue weighted by molar-refractivity contribution is 0.0696. The van der Waals surface area contributed by atoms with Crippen molar-refractivity contribution < 1.29 is 9.90 Å². The van der Waals surface area contributed by atoms with Gasteiger partial charge in [-0.1, -0.05) is 0 Å². The van der Waals surface area contributed by atoms with Gasteiger partial charge in [0.1, 0.15) is 5.82 Å². The van der Waals surface area contributed by atoms with Crippen molar-refractivity contribution in [2.24, 2.45) is 7.05 Å². The highest BCUT2D eigenvalue weighted by Gasteiger charge is 2.10. The van der Waals surface area contributed by atoms with Crippen LogP contribution in [-0.2, 0) is 13.6 Å². The number of aromatic nitrogens is 3. The molecule has 2 heterocycles. The number of nitrogens with zero attached hydrogens (tertiary/aromatic N) is 4. The lowest BCUT2D eigenvalue weighted by Gasteiger charge is -2.18. The number of carboxylic acids is 1. The van der Waals surface area contributed by atoms with Gasteiger partial charge in [0.25, 0.3) is 0 Å². The summed E-state index contributed by atoms with van der Waals surface area (Å²) >= 11 is 0. The van der Waals surface area contributed by atoms with Crippen LogP contribution < -0.4 is 4.90 Å². The Morgan fingerprint density at radius 2 is 2.21 bits per heavy atom. The molecule has 0 saturated carbocycles. The number of rotatable bonds is 4. The third-order valence-electron chi connectivity index (χ3n) is 2.76. The van der Waals surface area contributed by atoms with Gasteiger partial charge in [-0.05, 0) is 19.1 Å². The fourth-order valence-electron chi connectivity index (χ4n) is 1.88. The maximum Gasteiger partial charge on any atom is 0.335 e. The highest BCUT2D eigenvalue weighted by Crippen LogP contribution is 2.16. The maximum atomic E-state index is 11.0. The second-order valence-electron chi connectivity index (χ2n) is 4.54. The minimum Gasteiger partial charge on any atom is -0.478 e. The van der Waals surface area contributed by atoms with Crippen molar-refractivity contribution in [1.29, 1.82) is 0 Å². The Labute approximate surface area is 111 Å². The molecule has 0 unspecified atom stereocenters. The molecule has 2 aromatic heterocycles. The van der Waals surface area contributed by atoms with E-state index in [1.807, 2.05) is 25.2 Å². The molecule has 0 aromatic carbocycles. The molecule has 0 fully saturated rings. The minimum atomic E-state index is -0.943. The number of carboxylic acid groups (broad SMARTS) is 1. The summed E-state index contributed by atoms with van der Waals surface area (Å²) in [7, 11) is 3.73. The van der Waals surface area contributed by atoms with Crippen molar-refractivity contribution in [1.82, 2.24) is 14.8 Å². The monoisotopic (exact) mass is 260 g/mol. The summed E-state index contributed by atoms with van der Waals surface area (Å²) in [5, 5.41) is 13.2. The molecule has 2 aromatic rings. The zero-order chi connectivity index (χ0) is 14.0. The summed E-state index contributed by atoms with van der Waals surface area (Å²) in [5.74, 6) is -0.303. The fraction of sp³-hybridized carbons (Fsp3) is 0.308. The van der Waals surface area contributed by atoms with Crippen LogP contribution in [0.2, 0.25) is 0 Å². The number of aromatic carboxylic acids is 1. The van der Waals surface area contributed by atoms with E-state index in [-0.39, 0.29) is 5.56 Å². The van der Waals surface area contributed by atoms with Crippen LogP contribution in [0.5, 0.6) is 0 Å². The highest BCUT2D eigenvalue weighted by molar-refractivity contribution is 5.88. The van der Waals surface area contributed by atoms with Crippen LogP contribution in [0.25, 0.3) is 0 Å². The number of pyridine rings is 1. The summed E-state index contributed by atoms with van der Waals surface area (Å²) in [6.07, 6.45) is 3.70. The smallest absolute Gasteiger partial charge is 0.335 e. The van der Waals surface area contributed by atoms with Crippen molar-refractivity contribution in [3.05, 3.63) is 41.3 Å². The second-order valence-corrected chi connectivity index (χ2v) is 4.54. The quantitative estimate of drug-likeness (QED) is 0.901. The summed E-state index contributed by atoms with van der Waals surface area (Å²) in [4.78, 5) is 17.3. The molecule has 1 N–H and O–H groups in total. The van der Waals surface area contributed by atoms with Crippen LogP contribution in [0, 0.1) is 6.92 Å². The Balaban J connectivity index is 2.23. The summed E-state index contributed by atoms with van der Waals surface area (Å²) in [5.41, 5.74) is 1.98. The Kier molecular flexibility index (Phi) is 3.50. The largest absolute Gasteiger partial charge is 0.478 e. The molecule has 2 rings (SSSR count). The summed E-state index contributed by atoms with van der Waals surface area (Å²) in [6.45, 7) is 2.41. The van der Waals surface area contributed by atoms with E-state index in [1.165, 1.54) is 0 Å². The van der Waals surface area contributed by atoms with E-state index in [0.29, 0.717) is 18.1 Å². The summed E-state index contributed by atoms with van der Waals surface area (Å²) in [6, 6.07) is 3.13. The summed E-state index contributed by atoms with van der Waals surface area (Å²) < 4.78 is 1.73. The third kappa shape index (κ3) is 3.09. The van der Waals surface area contributed by atoms with Gasteiger partial charge < -0.3 is 10.0 Å². The number of aryl methyl sites for hydroxylation is 2. The fourth-order valence-corrected chi connectivity index (χ4v) is 1.88. The van der Waals surface area contributed by atoms with E-state index in [4.69, 9.17) is 5.11 Å². The molecular formula is C13H16N4O2. The van der Waals surface area contributed by atoms with Gasteiger partial charge in [-0.15, -0.1) is 0 Å². The molecule has 0 atom stereocenters. The van der Waals surface area contributed by atoms with Gasteiger partial charge in [0, 0.05) is 38.1 Å².